The first-order valence-corrected chi connectivity index (χ1v) is 6.84. The van der Waals surface area contributed by atoms with Gasteiger partial charge >= 0.3 is 0 Å². The van der Waals surface area contributed by atoms with Gasteiger partial charge in [-0.3, -0.25) is 0 Å². The van der Waals surface area contributed by atoms with Gasteiger partial charge in [0.1, 0.15) is 5.75 Å². The summed E-state index contributed by atoms with van der Waals surface area (Å²) >= 11 is 1.76. The summed E-state index contributed by atoms with van der Waals surface area (Å²) in [5.74, 6) is 1.04. The predicted molar refractivity (Wildman–Crippen MR) is 68.0 cm³/mol. The van der Waals surface area contributed by atoms with Gasteiger partial charge in [0.25, 0.3) is 0 Å². The smallest absolute Gasteiger partial charge is 0.132 e. The molecule has 2 heteroatoms. The van der Waals surface area contributed by atoms with Crippen LogP contribution in [0.5, 0.6) is 5.75 Å². The predicted octanol–water partition coefficient (Wildman–Crippen LogP) is 4.15. The second-order valence-corrected chi connectivity index (χ2v) is 4.39. The SMILES string of the molecule is CCCCOc1ccc(CC)cc1SC. The lowest BCUT2D eigenvalue weighted by molar-refractivity contribution is 0.302. The third-order valence-electron chi connectivity index (χ3n) is 2.39. The summed E-state index contributed by atoms with van der Waals surface area (Å²) < 4.78 is 5.75. The monoisotopic (exact) mass is 224 g/mol. The van der Waals surface area contributed by atoms with E-state index in [4.69, 9.17) is 4.74 Å². The molecule has 15 heavy (non-hydrogen) atoms. The van der Waals surface area contributed by atoms with Crippen molar-refractivity contribution in [2.45, 2.75) is 38.0 Å². The molecule has 0 unspecified atom stereocenters. The Balaban J connectivity index is 2.69. The maximum absolute atomic E-state index is 5.75. The Morgan fingerprint density at radius 1 is 1.27 bits per heavy atom. The van der Waals surface area contributed by atoms with Crippen molar-refractivity contribution in [2.75, 3.05) is 12.9 Å². The third kappa shape index (κ3) is 3.78. The summed E-state index contributed by atoms with van der Waals surface area (Å²) in [6.45, 7) is 5.19. The van der Waals surface area contributed by atoms with Crippen molar-refractivity contribution >= 4 is 11.8 Å². The molecule has 0 aliphatic carbocycles. The zero-order valence-electron chi connectivity index (χ0n) is 9.88. The van der Waals surface area contributed by atoms with Gasteiger partial charge in [0.2, 0.25) is 0 Å². The number of hydrogen-bond donors (Lipinski definition) is 0. The number of ether oxygens (including phenoxy) is 1. The molecule has 0 amide bonds. The Hall–Kier alpha value is -0.630. The van der Waals surface area contributed by atoms with Gasteiger partial charge in [0, 0.05) is 4.90 Å². The molecular weight excluding hydrogens is 204 g/mol. The van der Waals surface area contributed by atoms with Gasteiger partial charge in [-0.2, -0.15) is 0 Å². The first-order chi connectivity index (χ1) is 7.31. The standard InChI is InChI=1S/C13H20OS/c1-4-6-9-14-12-8-7-11(5-2)10-13(12)15-3/h7-8,10H,4-6,9H2,1-3H3. The highest BCUT2D eigenvalue weighted by atomic mass is 32.2. The molecule has 1 aromatic carbocycles. The maximum atomic E-state index is 5.75. The van der Waals surface area contributed by atoms with Crippen molar-refractivity contribution in [3.63, 3.8) is 0 Å². The second-order valence-electron chi connectivity index (χ2n) is 3.54. The molecule has 84 valence electrons. The fourth-order valence-electron chi connectivity index (χ4n) is 1.38. The normalized spacial score (nSPS) is 10.3. The minimum Gasteiger partial charge on any atom is -0.492 e. The van der Waals surface area contributed by atoms with Crippen molar-refractivity contribution < 1.29 is 4.74 Å². The van der Waals surface area contributed by atoms with Gasteiger partial charge < -0.3 is 4.74 Å². The summed E-state index contributed by atoms with van der Waals surface area (Å²) in [4.78, 5) is 1.26. The van der Waals surface area contributed by atoms with Crippen LogP contribution in [0.25, 0.3) is 0 Å². The zero-order chi connectivity index (χ0) is 11.1. The van der Waals surface area contributed by atoms with Crippen molar-refractivity contribution in [1.82, 2.24) is 0 Å². The Kier molecular flexibility index (Phi) is 5.62. The molecule has 0 N–H and O–H groups in total. The van der Waals surface area contributed by atoms with Crippen LogP contribution in [0.3, 0.4) is 0 Å². The first-order valence-electron chi connectivity index (χ1n) is 5.61. The summed E-state index contributed by atoms with van der Waals surface area (Å²) in [5.41, 5.74) is 1.38. The van der Waals surface area contributed by atoms with Crippen LogP contribution in [0, 0.1) is 0 Å². The maximum Gasteiger partial charge on any atom is 0.132 e. The molecule has 0 spiro atoms. The number of rotatable bonds is 6. The van der Waals surface area contributed by atoms with E-state index in [2.05, 4.69) is 38.3 Å². The minimum absolute atomic E-state index is 0.829. The topological polar surface area (TPSA) is 9.23 Å². The largest absolute Gasteiger partial charge is 0.492 e. The van der Waals surface area contributed by atoms with Gasteiger partial charge in [-0.1, -0.05) is 26.3 Å². The molecule has 0 radical (unpaired) electrons. The summed E-state index contributed by atoms with van der Waals surface area (Å²) in [6.07, 6.45) is 5.50. The molecular formula is C13H20OS. The third-order valence-corrected chi connectivity index (χ3v) is 3.15. The molecule has 1 aromatic rings. The fourth-order valence-corrected chi connectivity index (χ4v) is 1.97. The van der Waals surface area contributed by atoms with Crippen LogP contribution < -0.4 is 4.74 Å². The first kappa shape index (κ1) is 12.4. The summed E-state index contributed by atoms with van der Waals surface area (Å²) in [7, 11) is 0. The quantitative estimate of drug-likeness (QED) is 0.530. The number of unbranched alkanes of at least 4 members (excludes halogenated alkanes) is 1. The fraction of sp³-hybridized carbons (Fsp3) is 0.538. The van der Waals surface area contributed by atoms with Crippen LogP contribution in [0.2, 0.25) is 0 Å². The number of aryl methyl sites for hydroxylation is 1. The van der Waals surface area contributed by atoms with E-state index in [1.807, 2.05) is 0 Å². The second kappa shape index (κ2) is 6.78. The lowest BCUT2D eigenvalue weighted by Crippen LogP contribution is -1.98. The molecule has 0 aliphatic heterocycles. The van der Waals surface area contributed by atoms with E-state index in [9.17, 15) is 0 Å². The summed E-state index contributed by atoms with van der Waals surface area (Å²) in [5, 5.41) is 0. The highest BCUT2D eigenvalue weighted by molar-refractivity contribution is 7.98. The molecule has 0 bridgehead atoms. The van der Waals surface area contributed by atoms with Gasteiger partial charge in [0.05, 0.1) is 6.61 Å². The van der Waals surface area contributed by atoms with Crippen molar-refractivity contribution in [3.05, 3.63) is 23.8 Å². The van der Waals surface area contributed by atoms with Gasteiger partial charge in [-0.25, -0.2) is 0 Å². The van der Waals surface area contributed by atoms with E-state index in [0.717, 1.165) is 25.2 Å². The van der Waals surface area contributed by atoms with E-state index in [1.54, 1.807) is 11.8 Å². The Labute approximate surface area is 97.2 Å². The van der Waals surface area contributed by atoms with Crippen LogP contribution in [0.4, 0.5) is 0 Å². The van der Waals surface area contributed by atoms with E-state index in [-0.39, 0.29) is 0 Å². The molecule has 1 nitrogen and oxygen atoms in total. The van der Waals surface area contributed by atoms with E-state index in [0.29, 0.717) is 0 Å². The zero-order valence-corrected chi connectivity index (χ0v) is 10.7. The van der Waals surface area contributed by atoms with Crippen molar-refractivity contribution in [3.8, 4) is 5.75 Å². The highest BCUT2D eigenvalue weighted by Gasteiger charge is 2.03. The van der Waals surface area contributed by atoms with Crippen LogP contribution in [-0.2, 0) is 6.42 Å². The van der Waals surface area contributed by atoms with Crippen LogP contribution >= 0.6 is 11.8 Å². The van der Waals surface area contributed by atoms with Crippen molar-refractivity contribution in [2.24, 2.45) is 0 Å². The number of benzene rings is 1. The molecule has 0 atom stereocenters. The van der Waals surface area contributed by atoms with Crippen molar-refractivity contribution in [1.29, 1.82) is 0 Å². The average molecular weight is 224 g/mol. The van der Waals surface area contributed by atoms with E-state index in [1.165, 1.54) is 16.9 Å². The van der Waals surface area contributed by atoms with Gasteiger partial charge in [-0.15, -0.1) is 11.8 Å². The van der Waals surface area contributed by atoms with Crippen LogP contribution in [0.1, 0.15) is 32.3 Å². The Morgan fingerprint density at radius 2 is 2.07 bits per heavy atom. The number of thioether (sulfide) groups is 1. The molecule has 1 rings (SSSR count). The molecule has 0 saturated carbocycles. The summed E-state index contributed by atoms with van der Waals surface area (Å²) in [6, 6.07) is 6.48. The average Bonchev–Trinajstić information content (AvgIpc) is 2.29. The number of hydrogen-bond acceptors (Lipinski definition) is 2. The van der Waals surface area contributed by atoms with Crippen LogP contribution in [-0.4, -0.2) is 12.9 Å². The molecule has 0 aromatic heterocycles. The highest BCUT2D eigenvalue weighted by Crippen LogP contribution is 2.29. The van der Waals surface area contributed by atoms with E-state index < -0.39 is 0 Å². The minimum atomic E-state index is 0.829. The lowest BCUT2D eigenvalue weighted by atomic mass is 10.2. The molecule has 0 saturated heterocycles. The molecule has 0 fully saturated rings. The molecule has 0 heterocycles. The van der Waals surface area contributed by atoms with Crippen LogP contribution in [0.15, 0.2) is 23.1 Å². The Bertz CT molecular complexity index is 297. The Morgan fingerprint density at radius 3 is 2.67 bits per heavy atom. The molecule has 0 aliphatic rings. The van der Waals surface area contributed by atoms with E-state index >= 15 is 0 Å². The van der Waals surface area contributed by atoms with Gasteiger partial charge in [-0.05, 0) is 36.8 Å². The lowest BCUT2D eigenvalue weighted by Gasteiger charge is -2.10. The van der Waals surface area contributed by atoms with Gasteiger partial charge in [0.15, 0.2) is 0 Å².